The lowest BCUT2D eigenvalue weighted by Gasteiger charge is -2.30. The van der Waals surface area contributed by atoms with E-state index in [-0.39, 0.29) is 35.7 Å². The number of nitrogens with zero attached hydrogens (tertiary/aromatic N) is 3. The highest BCUT2D eigenvalue weighted by atomic mass is 35.5. The van der Waals surface area contributed by atoms with Crippen LogP contribution >= 0.6 is 11.6 Å². The van der Waals surface area contributed by atoms with Crippen LogP contribution in [0.25, 0.3) is 0 Å². The van der Waals surface area contributed by atoms with Crippen molar-refractivity contribution in [2.75, 3.05) is 65.0 Å². The maximum Gasteiger partial charge on any atom is 0.273 e. The number of quaternary nitrogens is 1. The van der Waals surface area contributed by atoms with Gasteiger partial charge in [-0.3, -0.25) is 4.79 Å². The second-order valence-corrected chi connectivity index (χ2v) is 11.1. The monoisotopic (exact) mass is 601 g/mol. The molecule has 0 unspecified atom stereocenters. The molecule has 0 radical (unpaired) electrons. The maximum absolute atomic E-state index is 12.4. The Morgan fingerprint density at radius 1 is 0.929 bits per heavy atom. The summed E-state index contributed by atoms with van der Waals surface area (Å²) in [4.78, 5) is 20.2. The first kappa shape index (κ1) is 32.9. The van der Waals surface area contributed by atoms with E-state index in [1.165, 1.54) is 11.1 Å². The number of hydrogen-bond donors (Lipinski definition) is 5. The number of amides is 1. The highest BCUT2D eigenvalue weighted by Crippen LogP contribution is 2.18. The Morgan fingerprint density at radius 3 is 2.14 bits per heavy atom. The average Bonchev–Trinajstić information content (AvgIpc) is 2.97. The van der Waals surface area contributed by atoms with Crippen molar-refractivity contribution in [3.05, 3.63) is 70.5 Å². The van der Waals surface area contributed by atoms with E-state index < -0.39 is 12.0 Å². The number of carbonyl (C=O) groups is 1. The van der Waals surface area contributed by atoms with Crippen LogP contribution in [0.1, 0.15) is 34.5 Å². The first-order chi connectivity index (χ1) is 20.1. The zero-order valence-electron chi connectivity index (χ0n) is 24.3. The van der Waals surface area contributed by atoms with Crippen molar-refractivity contribution >= 4 is 29.1 Å². The molecule has 0 aliphatic carbocycles. The summed E-state index contributed by atoms with van der Waals surface area (Å²) in [5, 5.41) is 21.0. The fourth-order valence-electron chi connectivity index (χ4n) is 4.20. The smallest absolute Gasteiger partial charge is 0.273 e. The lowest BCUT2D eigenvalue weighted by Crippen LogP contribution is -2.46. The number of aliphatic hydroxyl groups is 2. The number of rotatable bonds is 17. The SMILES string of the molecule is C[N+](C)(CCCc1ccc(OCCCc2ccc(OC[C@@H](O)CO)cc2)cc1)CCNC(=O)c1nc(Cl)c(N)nc1N. The molecule has 1 heterocycles. The van der Waals surface area contributed by atoms with Gasteiger partial charge in [-0.15, -0.1) is 0 Å². The molecule has 11 nitrogen and oxygen atoms in total. The third-order valence-electron chi connectivity index (χ3n) is 6.73. The van der Waals surface area contributed by atoms with Gasteiger partial charge in [-0.25, -0.2) is 9.97 Å². The van der Waals surface area contributed by atoms with Gasteiger partial charge in [-0.2, -0.15) is 0 Å². The fraction of sp³-hybridized carbons (Fsp3) is 0.433. The van der Waals surface area contributed by atoms with E-state index in [2.05, 4.69) is 41.5 Å². The van der Waals surface area contributed by atoms with Crippen molar-refractivity contribution in [1.82, 2.24) is 15.3 Å². The molecular weight excluding hydrogens is 560 g/mol. The van der Waals surface area contributed by atoms with E-state index in [1.807, 2.05) is 36.4 Å². The van der Waals surface area contributed by atoms with Crippen LogP contribution in [0.5, 0.6) is 11.5 Å². The van der Waals surface area contributed by atoms with Crippen LogP contribution in [0.4, 0.5) is 11.6 Å². The summed E-state index contributed by atoms with van der Waals surface area (Å²) in [7, 11) is 4.26. The molecule has 3 aromatic rings. The van der Waals surface area contributed by atoms with Gasteiger partial charge in [-0.1, -0.05) is 35.9 Å². The van der Waals surface area contributed by atoms with Crippen LogP contribution in [-0.4, -0.2) is 90.2 Å². The number of aromatic nitrogens is 2. The van der Waals surface area contributed by atoms with Gasteiger partial charge in [0.25, 0.3) is 5.91 Å². The van der Waals surface area contributed by atoms with Crippen molar-refractivity contribution in [3.63, 3.8) is 0 Å². The molecule has 1 atom stereocenters. The van der Waals surface area contributed by atoms with Crippen LogP contribution in [0.15, 0.2) is 48.5 Å². The molecule has 2 aromatic carbocycles. The molecule has 7 N–H and O–H groups in total. The number of carbonyl (C=O) groups excluding carboxylic acids is 1. The van der Waals surface area contributed by atoms with E-state index in [4.69, 9.17) is 37.6 Å². The van der Waals surface area contributed by atoms with E-state index in [1.54, 1.807) is 0 Å². The van der Waals surface area contributed by atoms with Gasteiger partial charge in [0.1, 0.15) is 24.2 Å². The Morgan fingerprint density at radius 2 is 1.52 bits per heavy atom. The summed E-state index contributed by atoms with van der Waals surface area (Å²) < 4.78 is 12.1. The van der Waals surface area contributed by atoms with Crippen molar-refractivity contribution < 1.29 is 29.0 Å². The normalized spacial score (nSPS) is 12.1. The number of aliphatic hydroxyl groups excluding tert-OH is 2. The Balaban J connectivity index is 1.30. The lowest BCUT2D eigenvalue weighted by atomic mass is 10.1. The Labute approximate surface area is 252 Å². The molecule has 12 heteroatoms. The van der Waals surface area contributed by atoms with Crippen LogP contribution in [0.3, 0.4) is 0 Å². The Hall–Kier alpha value is -3.64. The zero-order valence-corrected chi connectivity index (χ0v) is 25.0. The van der Waals surface area contributed by atoms with Gasteiger partial charge in [-0.05, 0) is 54.7 Å². The minimum Gasteiger partial charge on any atom is -0.494 e. The van der Waals surface area contributed by atoms with Crippen LogP contribution in [-0.2, 0) is 12.8 Å². The Kier molecular flexibility index (Phi) is 12.6. The molecule has 1 aromatic heterocycles. The number of benzene rings is 2. The zero-order chi connectivity index (χ0) is 30.5. The van der Waals surface area contributed by atoms with Crippen LogP contribution in [0, 0.1) is 0 Å². The summed E-state index contributed by atoms with van der Waals surface area (Å²) in [6.07, 6.45) is 2.84. The van der Waals surface area contributed by atoms with Crippen molar-refractivity contribution in [2.45, 2.75) is 31.8 Å². The molecule has 42 heavy (non-hydrogen) atoms. The fourth-order valence-corrected chi connectivity index (χ4v) is 4.33. The number of anilines is 2. The second kappa shape index (κ2) is 16.1. The standard InChI is InChI=1S/C30H41ClN6O5/c1-37(2,17-15-34-30(40)26-28(32)36-29(33)27(31)35-26)16-3-5-21-7-11-24(12-8-21)41-18-4-6-22-9-13-25(14-10-22)42-20-23(39)19-38/h7-14,23,38-39H,3-6,15-20H2,1-2H3,(H4-,32,33,34,36,40)/p+1/t23-/m0/s1. The number of nitrogen functional groups attached to an aromatic ring is 2. The third-order valence-corrected chi connectivity index (χ3v) is 7.01. The molecule has 0 aliphatic rings. The van der Waals surface area contributed by atoms with E-state index >= 15 is 0 Å². The predicted molar refractivity (Wildman–Crippen MR) is 164 cm³/mol. The van der Waals surface area contributed by atoms with Gasteiger partial charge in [0.05, 0.1) is 46.9 Å². The van der Waals surface area contributed by atoms with E-state index in [0.717, 1.165) is 49.0 Å². The number of ether oxygens (including phenoxy) is 2. The van der Waals surface area contributed by atoms with E-state index in [9.17, 15) is 9.90 Å². The molecule has 0 saturated heterocycles. The topological polar surface area (TPSA) is 166 Å². The highest BCUT2D eigenvalue weighted by molar-refractivity contribution is 6.31. The number of hydrogen-bond acceptors (Lipinski definition) is 9. The second-order valence-electron chi connectivity index (χ2n) is 10.8. The molecule has 228 valence electrons. The molecule has 0 spiro atoms. The maximum atomic E-state index is 12.4. The molecule has 0 fully saturated rings. The first-order valence-corrected chi connectivity index (χ1v) is 14.3. The van der Waals surface area contributed by atoms with Gasteiger partial charge in [0.15, 0.2) is 22.5 Å². The van der Waals surface area contributed by atoms with Gasteiger partial charge < -0.3 is 41.0 Å². The molecule has 3 rings (SSSR count). The largest absolute Gasteiger partial charge is 0.494 e. The summed E-state index contributed by atoms with van der Waals surface area (Å²) >= 11 is 5.87. The third kappa shape index (κ3) is 11.0. The lowest BCUT2D eigenvalue weighted by molar-refractivity contribution is -0.889. The molecular formula is C30H42ClN6O5+. The molecule has 0 saturated carbocycles. The van der Waals surface area contributed by atoms with Crippen molar-refractivity contribution in [3.8, 4) is 11.5 Å². The van der Waals surface area contributed by atoms with Crippen molar-refractivity contribution in [1.29, 1.82) is 0 Å². The number of nitrogens with one attached hydrogen (secondary N) is 1. The predicted octanol–water partition coefficient (Wildman–Crippen LogP) is 2.48. The quantitative estimate of drug-likeness (QED) is 0.115. The molecule has 0 aliphatic heterocycles. The van der Waals surface area contributed by atoms with Crippen molar-refractivity contribution in [2.24, 2.45) is 0 Å². The minimum atomic E-state index is -0.874. The summed E-state index contributed by atoms with van der Waals surface area (Å²) in [6.45, 7) is 2.50. The van der Waals surface area contributed by atoms with Gasteiger partial charge >= 0.3 is 0 Å². The molecule has 1 amide bonds. The number of likely N-dealkylation sites (N-methyl/N-ethyl adjacent to an activating group) is 1. The summed E-state index contributed by atoms with van der Waals surface area (Å²) in [6, 6.07) is 15.9. The first-order valence-electron chi connectivity index (χ1n) is 14.0. The minimum absolute atomic E-state index is 0.00793. The van der Waals surface area contributed by atoms with Crippen LogP contribution < -0.4 is 26.3 Å². The highest BCUT2D eigenvalue weighted by Gasteiger charge is 2.18. The average molecular weight is 602 g/mol. The van der Waals surface area contributed by atoms with Gasteiger partial charge in [0, 0.05) is 6.42 Å². The Bertz CT molecular complexity index is 1270. The summed E-state index contributed by atoms with van der Waals surface area (Å²) in [5.41, 5.74) is 13.7. The number of aryl methyl sites for hydroxylation is 2. The summed E-state index contributed by atoms with van der Waals surface area (Å²) in [5.74, 6) is 1.03. The number of nitrogens with two attached hydrogens (primary N) is 2. The number of halogens is 1. The van der Waals surface area contributed by atoms with E-state index in [0.29, 0.717) is 18.9 Å². The molecule has 0 bridgehead atoms. The van der Waals surface area contributed by atoms with Crippen LogP contribution in [0.2, 0.25) is 5.15 Å². The van der Waals surface area contributed by atoms with Gasteiger partial charge in [0.2, 0.25) is 0 Å².